The molecule has 0 heterocycles. The molecule has 0 saturated heterocycles. The van der Waals surface area contributed by atoms with E-state index in [9.17, 15) is 25.3 Å². The van der Waals surface area contributed by atoms with Crippen LogP contribution in [0.3, 0.4) is 0 Å². The molecule has 0 aliphatic carbocycles. The quantitative estimate of drug-likeness (QED) is 0.391. The second kappa shape index (κ2) is 4.21. The lowest BCUT2D eigenvalue weighted by molar-refractivity contribution is 0.500. The Kier molecular flexibility index (Phi) is 3.42. The molecule has 0 saturated carbocycles. The van der Waals surface area contributed by atoms with Gasteiger partial charge in [-0.1, -0.05) is 11.6 Å². The maximum absolute atomic E-state index is 12.6. The van der Waals surface area contributed by atoms with Crippen LogP contribution in [0.4, 0.5) is 22.5 Å². The zero-order valence-electron chi connectivity index (χ0n) is 8.75. The second-order valence-electron chi connectivity index (χ2n) is 3.65. The molecule has 3 nitrogen and oxygen atoms in total. The van der Waals surface area contributed by atoms with Crippen LogP contribution in [0.1, 0.15) is 11.1 Å². The first-order valence-corrected chi connectivity index (χ1v) is 6.07. The fourth-order valence-corrected chi connectivity index (χ4v) is 2.17. The Morgan fingerprint density at radius 2 is 1.82 bits per heavy atom. The minimum atomic E-state index is -5.31. The molecule has 0 fully saturated rings. The molecule has 0 aliphatic heterocycles. The van der Waals surface area contributed by atoms with E-state index in [1.54, 1.807) is 0 Å². The van der Waals surface area contributed by atoms with Crippen LogP contribution in [-0.2, 0) is 16.0 Å². The summed E-state index contributed by atoms with van der Waals surface area (Å²) in [6.45, 7) is -4.23. The summed E-state index contributed by atoms with van der Waals surface area (Å²) in [5, 5.41) is 0. The average Bonchev–Trinajstić information content (AvgIpc) is 2.06. The highest BCUT2D eigenvalue weighted by atomic mass is 32.3. The van der Waals surface area contributed by atoms with Crippen molar-refractivity contribution < 1.29 is 25.3 Å². The largest absolute Gasteiger partial charge is 0.509 e. The normalized spacial score (nSPS) is 12.8. The maximum atomic E-state index is 12.6. The minimum absolute atomic E-state index is 0.247. The van der Waals surface area contributed by atoms with Gasteiger partial charge in [0.15, 0.2) is 0 Å². The topological polar surface area (TPSA) is 60.2 Å². The molecule has 0 spiro atoms. The minimum Gasteiger partial charge on any atom is -0.445 e. The molecule has 0 aromatic heterocycles. The number of benzene rings is 1. The van der Waals surface area contributed by atoms with Crippen molar-refractivity contribution in [1.29, 1.82) is 0 Å². The van der Waals surface area contributed by atoms with Gasteiger partial charge in [-0.05, 0) is 18.6 Å². The summed E-state index contributed by atoms with van der Waals surface area (Å²) in [4.78, 5) is 0. The van der Waals surface area contributed by atoms with Crippen LogP contribution >= 0.6 is 0 Å². The Morgan fingerprint density at radius 1 is 1.29 bits per heavy atom. The summed E-state index contributed by atoms with van der Waals surface area (Å²) in [5.74, 6) is -1.11. The van der Waals surface area contributed by atoms with Crippen LogP contribution in [0.5, 0.6) is 0 Å². The third-order valence-corrected chi connectivity index (χ3v) is 2.91. The number of halogens is 4. The van der Waals surface area contributed by atoms with Crippen molar-refractivity contribution in [3.8, 4) is 0 Å². The van der Waals surface area contributed by atoms with E-state index in [1.165, 1.54) is 0 Å². The van der Waals surface area contributed by atoms with Crippen LogP contribution in [0.2, 0.25) is 0 Å². The highest BCUT2D eigenvalue weighted by molar-refractivity contribution is 7.85. The first kappa shape index (κ1) is 13.8. The Bertz CT molecular complexity index is 541. The molecule has 2 N–H and O–H groups in total. The molecule has 96 valence electrons. The highest BCUT2D eigenvalue weighted by Crippen LogP contribution is 2.20. The fraction of sp³-hybridized carbons (Fsp3) is 0.250. The zero-order chi connectivity index (χ0) is 13.4. The van der Waals surface area contributed by atoms with Crippen molar-refractivity contribution in [2.24, 2.45) is 0 Å². The van der Waals surface area contributed by atoms with Gasteiger partial charge in [-0.25, -0.2) is 0 Å². The first-order chi connectivity index (χ1) is 7.50. The van der Waals surface area contributed by atoms with Gasteiger partial charge in [-0.3, -0.25) is 0 Å². The molecular weight excluding hydrogens is 261 g/mol. The summed E-state index contributed by atoms with van der Waals surface area (Å²) < 4.78 is 71.2. The van der Waals surface area contributed by atoms with E-state index in [-0.39, 0.29) is 16.8 Å². The van der Waals surface area contributed by atoms with E-state index in [2.05, 4.69) is 0 Å². The molecule has 9 heteroatoms. The van der Waals surface area contributed by atoms with Crippen molar-refractivity contribution in [3.05, 3.63) is 23.3 Å². The van der Waals surface area contributed by atoms with Crippen molar-refractivity contribution in [2.75, 3.05) is 5.73 Å². The Labute approximate surface area is 95.9 Å². The Balaban J connectivity index is 3.39. The standard InChI is InChI=1S/C8H9BF4NO2S/c1-5-6(4-17(13,15)16)2-7(14)3-8(5)9(10,11)12/h2-3H,4,14H2,1H3/q-1. The van der Waals surface area contributed by atoms with Crippen LogP contribution in [-0.4, -0.2) is 15.4 Å². The van der Waals surface area contributed by atoms with Crippen LogP contribution in [0.25, 0.3) is 0 Å². The van der Waals surface area contributed by atoms with Crippen molar-refractivity contribution in [2.45, 2.75) is 12.7 Å². The van der Waals surface area contributed by atoms with Gasteiger partial charge in [0.25, 0.3) is 0 Å². The average molecular weight is 270 g/mol. The molecule has 0 radical (unpaired) electrons. The first-order valence-electron chi connectivity index (χ1n) is 4.52. The van der Waals surface area contributed by atoms with E-state index in [0.29, 0.717) is 6.07 Å². The molecule has 0 bridgehead atoms. The van der Waals surface area contributed by atoms with Crippen LogP contribution in [0.15, 0.2) is 12.1 Å². The Morgan fingerprint density at radius 3 is 2.24 bits per heavy atom. The summed E-state index contributed by atoms with van der Waals surface area (Å²) in [6, 6.07) is 1.74. The number of nitrogens with two attached hydrogens (primary N) is 1. The Hall–Kier alpha value is -1.25. The number of hydrogen-bond donors (Lipinski definition) is 1. The predicted molar refractivity (Wildman–Crippen MR) is 58.0 cm³/mol. The number of anilines is 1. The highest BCUT2D eigenvalue weighted by Gasteiger charge is 2.29. The van der Waals surface area contributed by atoms with Gasteiger partial charge in [0, 0.05) is 5.69 Å². The number of hydrogen-bond acceptors (Lipinski definition) is 3. The molecular formula is C8H9BF4NO2S-. The van der Waals surface area contributed by atoms with Crippen molar-refractivity contribution in [3.63, 3.8) is 0 Å². The monoisotopic (exact) mass is 270 g/mol. The van der Waals surface area contributed by atoms with Gasteiger partial charge >= 0.3 is 17.2 Å². The molecule has 0 amide bonds. The van der Waals surface area contributed by atoms with Gasteiger partial charge in [-0.2, -0.15) is 8.42 Å². The molecule has 0 atom stereocenters. The third-order valence-electron chi connectivity index (χ3n) is 2.26. The summed E-state index contributed by atoms with van der Waals surface area (Å²) in [5.41, 5.74) is 3.40. The third kappa shape index (κ3) is 3.62. The number of nitrogen functional groups attached to an aromatic ring is 1. The van der Waals surface area contributed by atoms with Crippen LogP contribution in [0, 0.1) is 6.92 Å². The fourth-order valence-electron chi connectivity index (χ4n) is 1.50. The lowest BCUT2D eigenvalue weighted by Gasteiger charge is -2.20. The summed E-state index contributed by atoms with van der Waals surface area (Å²) in [6.07, 6.45) is 0. The second-order valence-corrected chi connectivity index (χ2v) is 5.02. The van der Waals surface area contributed by atoms with Crippen LogP contribution < -0.4 is 11.2 Å². The van der Waals surface area contributed by atoms with Gasteiger partial charge in [-0.15, -0.1) is 9.35 Å². The predicted octanol–water partition coefficient (Wildman–Crippen LogP) is 1.43. The molecule has 17 heavy (non-hydrogen) atoms. The van der Waals surface area contributed by atoms with Gasteiger partial charge < -0.3 is 18.7 Å². The smallest absolute Gasteiger partial charge is 0.445 e. The van der Waals surface area contributed by atoms with Gasteiger partial charge in [0.2, 0.25) is 0 Å². The van der Waals surface area contributed by atoms with E-state index >= 15 is 0 Å². The van der Waals surface area contributed by atoms with Gasteiger partial charge in [0.05, 0.1) is 0 Å². The molecule has 0 aliphatic rings. The lowest BCUT2D eigenvalue weighted by Crippen LogP contribution is -2.37. The SMILES string of the molecule is Cc1c(CS(=O)(=O)F)cc(N)cc1[B-](F)(F)F. The molecule has 1 aromatic rings. The molecule has 1 aromatic carbocycles. The summed E-state index contributed by atoms with van der Waals surface area (Å²) >= 11 is 0. The number of rotatable bonds is 3. The van der Waals surface area contributed by atoms with Gasteiger partial charge in [0.1, 0.15) is 5.75 Å². The lowest BCUT2D eigenvalue weighted by atomic mass is 9.76. The van der Waals surface area contributed by atoms with E-state index in [1.807, 2.05) is 0 Å². The maximum Gasteiger partial charge on any atom is 0.509 e. The van der Waals surface area contributed by atoms with Crippen molar-refractivity contribution in [1.82, 2.24) is 0 Å². The molecule has 1 rings (SSSR count). The van der Waals surface area contributed by atoms with E-state index in [0.717, 1.165) is 13.0 Å². The van der Waals surface area contributed by atoms with Crippen molar-refractivity contribution >= 4 is 28.4 Å². The van der Waals surface area contributed by atoms with E-state index in [4.69, 9.17) is 5.73 Å². The summed E-state index contributed by atoms with van der Waals surface area (Å²) in [7, 11) is -4.89. The zero-order valence-corrected chi connectivity index (χ0v) is 9.57. The molecule has 0 unspecified atom stereocenters. The van der Waals surface area contributed by atoms with E-state index < -0.39 is 28.4 Å².